The number of hydrogen-bond acceptors (Lipinski definition) is 3. The molecule has 1 aromatic heterocycles. The van der Waals surface area contributed by atoms with E-state index in [1.807, 2.05) is 24.6 Å². The lowest BCUT2D eigenvalue weighted by Crippen LogP contribution is -2.11. The van der Waals surface area contributed by atoms with E-state index >= 15 is 0 Å². The highest BCUT2D eigenvalue weighted by Gasteiger charge is 2.15. The van der Waals surface area contributed by atoms with E-state index in [4.69, 9.17) is 16.3 Å². The van der Waals surface area contributed by atoms with Crippen LogP contribution in [0.5, 0.6) is 5.75 Å². The van der Waals surface area contributed by atoms with Crippen molar-refractivity contribution in [2.75, 3.05) is 0 Å². The van der Waals surface area contributed by atoms with Crippen molar-refractivity contribution in [2.24, 2.45) is 0 Å². The third-order valence-corrected chi connectivity index (χ3v) is 4.10. The van der Waals surface area contributed by atoms with Gasteiger partial charge in [0.1, 0.15) is 12.4 Å². The third kappa shape index (κ3) is 3.48. The maximum atomic E-state index is 6.27. The Hall–Kier alpha value is -1.06. The summed E-state index contributed by atoms with van der Waals surface area (Å²) < 4.78 is 5.74. The molecule has 2 aromatic rings. The second-order valence-electron chi connectivity index (χ2n) is 5.54. The Morgan fingerprint density at radius 1 is 1.32 bits per heavy atom. The number of aryl methyl sites for hydroxylation is 1. The van der Waals surface area contributed by atoms with E-state index in [2.05, 4.69) is 31.8 Å². The SMILES string of the molecule is Cc1scnc1COc1ccc(C(C)(C)C)cc1Cl. The van der Waals surface area contributed by atoms with Crippen molar-refractivity contribution < 1.29 is 4.74 Å². The highest BCUT2D eigenvalue weighted by Crippen LogP contribution is 2.31. The number of thiazole rings is 1. The van der Waals surface area contributed by atoms with Crippen LogP contribution in [0.25, 0.3) is 0 Å². The van der Waals surface area contributed by atoms with E-state index < -0.39 is 0 Å². The van der Waals surface area contributed by atoms with Crippen LogP contribution in [0.15, 0.2) is 23.7 Å². The van der Waals surface area contributed by atoms with Crippen LogP contribution in [-0.4, -0.2) is 4.98 Å². The lowest BCUT2D eigenvalue weighted by atomic mass is 9.87. The molecule has 0 saturated carbocycles. The van der Waals surface area contributed by atoms with E-state index in [1.165, 1.54) is 10.4 Å². The van der Waals surface area contributed by atoms with E-state index in [0.29, 0.717) is 17.4 Å². The standard InChI is InChI=1S/C15H18ClNOS/c1-10-13(17-9-19-10)8-18-14-6-5-11(7-12(14)16)15(2,3)4/h5-7,9H,8H2,1-4H3. The largest absolute Gasteiger partial charge is 0.486 e. The van der Waals surface area contributed by atoms with Gasteiger partial charge in [-0.15, -0.1) is 11.3 Å². The van der Waals surface area contributed by atoms with Crippen LogP contribution in [0, 0.1) is 6.92 Å². The summed E-state index contributed by atoms with van der Waals surface area (Å²) in [5, 5.41) is 0.653. The minimum atomic E-state index is 0.0909. The zero-order valence-electron chi connectivity index (χ0n) is 11.7. The average Bonchev–Trinajstić information content (AvgIpc) is 2.72. The molecule has 0 N–H and O–H groups in total. The van der Waals surface area contributed by atoms with Crippen molar-refractivity contribution in [3.63, 3.8) is 0 Å². The van der Waals surface area contributed by atoms with Crippen LogP contribution in [0.2, 0.25) is 5.02 Å². The first-order chi connectivity index (χ1) is 8.88. The topological polar surface area (TPSA) is 22.1 Å². The molecule has 0 atom stereocenters. The predicted octanol–water partition coefficient (Wildman–Crippen LogP) is 4.98. The van der Waals surface area contributed by atoms with Gasteiger partial charge in [-0.3, -0.25) is 0 Å². The molecule has 1 heterocycles. The van der Waals surface area contributed by atoms with Gasteiger partial charge in [0.2, 0.25) is 0 Å². The number of halogens is 1. The van der Waals surface area contributed by atoms with Crippen LogP contribution in [-0.2, 0) is 12.0 Å². The fourth-order valence-corrected chi connectivity index (χ4v) is 2.52. The van der Waals surface area contributed by atoms with Crippen LogP contribution in [0.3, 0.4) is 0 Å². The molecule has 0 bridgehead atoms. The van der Waals surface area contributed by atoms with E-state index in [0.717, 1.165) is 5.69 Å². The molecule has 0 spiro atoms. The van der Waals surface area contributed by atoms with E-state index in [1.54, 1.807) is 11.3 Å². The Bertz CT molecular complexity index is 572. The average molecular weight is 296 g/mol. The summed E-state index contributed by atoms with van der Waals surface area (Å²) in [6.07, 6.45) is 0. The van der Waals surface area contributed by atoms with Gasteiger partial charge in [-0.2, -0.15) is 0 Å². The normalized spacial score (nSPS) is 11.6. The van der Waals surface area contributed by atoms with Gasteiger partial charge in [0.15, 0.2) is 0 Å². The summed E-state index contributed by atoms with van der Waals surface area (Å²) in [5.74, 6) is 0.710. The summed E-state index contributed by atoms with van der Waals surface area (Å²) in [6, 6.07) is 5.98. The molecule has 0 aliphatic rings. The first-order valence-corrected chi connectivity index (χ1v) is 7.45. The lowest BCUT2D eigenvalue weighted by Gasteiger charge is -2.20. The molecule has 0 amide bonds. The monoisotopic (exact) mass is 295 g/mol. The highest BCUT2D eigenvalue weighted by atomic mass is 35.5. The first-order valence-electron chi connectivity index (χ1n) is 6.20. The van der Waals surface area contributed by atoms with Crippen LogP contribution >= 0.6 is 22.9 Å². The summed E-state index contributed by atoms with van der Waals surface area (Å²) in [5.41, 5.74) is 4.10. The molecule has 0 fully saturated rings. The molecular weight excluding hydrogens is 278 g/mol. The van der Waals surface area contributed by atoms with Crippen molar-refractivity contribution in [2.45, 2.75) is 39.7 Å². The Morgan fingerprint density at radius 3 is 2.58 bits per heavy atom. The van der Waals surface area contributed by atoms with Crippen molar-refractivity contribution >= 4 is 22.9 Å². The number of benzene rings is 1. The molecule has 1 aromatic carbocycles. The number of nitrogens with zero attached hydrogens (tertiary/aromatic N) is 1. The number of rotatable bonds is 3. The van der Waals surface area contributed by atoms with Gasteiger partial charge < -0.3 is 4.74 Å². The molecule has 0 radical (unpaired) electrons. The van der Waals surface area contributed by atoms with Gasteiger partial charge >= 0.3 is 0 Å². The zero-order valence-corrected chi connectivity index (χ0v) is 13.2. The van der Waals surface area contributed by atoms with Crippen molar-refractivity contribution in [1.82, 2.24) is 4.98 Å². The number of hydrogen-bond donors (Lipinski definition) is 0. The lowest BCUT2D eigenvalue weighted by molar-refractivity contribution is 0.301. The molecule has 2 nitrogen and oxygen atoms in total. The molecule has 0 unspecified atom stereocenters. The predicted molar refractivity (Wildman–Crippen MR) is 81.3 cm³/mol. The molecular formula is C15H18ClNOS. The highest BCUT2D eigenvalue weighted by molar-refractivity contribution is 7.09. The van der Waals surface area contributed by atoms with Crippen LogP contribution < -0.4 is 4.74 Å². The Balaban J connectivity index is 2.12. The maximum absolute atomic E-state index is 6.27. The second-order valence-corrected chi connectivity index (χ2v) is 7.01. The number of ether oxygens (including phenoxy) is 1. The quantitative estimate of drug-likeness (QED) is 0.796. The Kier molecular flexibility index (Phi) is 4.16. The van der Waals surface area contributed by atoms with Gasteiger partial charge in [-0.05, 0) is 30.0 Å². The van der Waals surface area contributed by atoms with E-state index in [9.17, 15) is 0 Å². The summed E-state index contributed by atoms with van der Waals surface area (Å²) >= 11 is 7.90. The van der Waals surface area contributed by atoms with Gasteiger partial charge in [-0.25, -0.2) is 4.98 Å². The smallest absolute Gasteiger partial charge is 0.138 e. The van der Waals surface area contributed by atoms with Crippen LogP contribution in [0.1, 0.15) is 36.9 Å². The minimum absolute atomic E-state index is 0.0909. The fraction of sp³-hybridized carbons (Fsp3) is 0.400. The molecule has 0 aliphatic carbocycles. The molecule has 102 valence electrons. The maximum Gasteiger partial charge on any atom is 0.138 e. The Labute approximate surface area is 123 Å². The van der Waals surface area contributed by atoms with Gasteiger partial charge in [0.05, 0.1) is 16.2 Å². The molecule has 0 aliphatic heterocycles. The van der Waals surface area contributed by atoms with Crippen molar-refractivity contribution in [3.05, 3.63) is 44.9 Å². The summed E-state index contributed by atoms with van der Waals surface area (Å²) in [7, 11) is 0. The summed E-state index contributed by atoms with van der Waals surface area (Å²) in [4.78, 5) is 5.45. The van der Waals surface area contributed by atoms with Crippen molar-refractivity contribution in [3.8, 4) is 5.75 Å². The van der Waals surface area contributed by atoms with Gasteiger partial charge in [0.25, 0.3) is 0 Å². The molecule has 2 rings (SSSR count). The fourth-order valence-electron chi connectivity index (χ4n) is 1.70. The first kappa shape index (κ1) is 14.4. The molecule has 0 saturated heterocycles. The number of aromatic nitrogens is 1. The van der Waals surface area contributed by atoms with E-state index in [-0.39, 0.29) is 5.41 Å². The second kappa shape index (κ2) is 5.51. The van der Waals surface area contributed by atoms with Crippen LogP contribution in [0.4, 0.5) is 0 Å². The third-order valence-electron chi connectivity index (χ3n) is 3.01. The minimum Gasteiger partial charge on any atom is -0.486 e. The molecule has 4 heteroatoms. The zero-order chi connectivity index (χ0) is 14.0. The van der Waals surface area contributed by atoms with Gasteiger partial charge in [-0.1, -0.05) is 38.4 Å². The summed E-state index contributed by atoms with van der Waals surface area (Å²) in [6.45, 7) is 9.00. The van der Waals surface area contributed by atoms with Gasteiger partial charge in [0, 0.05) is 4.88 Å². The van der Waals surface area contributed by atoms with Crippen molar-refractivity contribution in [1.29, 1.82) is 0 Å². The molecule has 19 heavy (non-hydrogen) atoms. The Morgan fingerprint density at radius 2 is 2.05 bits per heavy atom.